The van der Waals surface area contributed by atoms with Crippen LogP contribution in [0.3, 0.4) is 0 Å². The number of allylic oxidation sites excluding steroid dienone is 1. The number of hydrogen-bond donors (Lipinski definition) is 0. The van der Waals surface area contributed by atoms with Crippen molar-refractivity contribution in [2.24, 2.45) is 0 Å². The second-order valence-corrected chi connectivity index (χ2v) is 10.1. The molecule has 0 atom stereocenters. The van der Waals surface area contributed by atoms with Gasteiger partial charge in [0.1, 0.15) is 0 Å². The standard InChI is InChI=1S/C24H22Cl2N2O2S/c1-14-12-24(2,3)27(4)20-11-19(26)16(9-17(14)20)10-21-22(29)28(23(30)31-21)13-15-7-5-6-8-18(15)25/h5-12H,13H2,1-4H3/b21-10-. The lowest BCUT2D eigenvalue weighted by Gasteiger charge is -2.40. The average molecular weight is 473 g/mol. The summed E-state index contributed by atoms with van der Waals surface area (Å²) < 4.78 is 0. The summed E-state index contributed by atoms with van der Waals surface area (Å²) in [5, 5.41) is 0.745. The van der Waals surface area contributed by atoms with Gasteiger partial charge in [-0.25, -0.2) is 0 Å². The number of anilines is 1. The van der Waals surface area contributed by atoms with E-state index in [9.17, 15) is 9.59 Å². The fourth-order valence-electron chi connectivity index (χ4n) is 3.87. The van der Waals surface area contributed by atoms with Gasteiger partial charge in [0.25, 0.3) is 11.1 Å². The molecule has 0 saturated carbocycles. The molecule has 2 aromatic rings. The zero-order valence-corrected chi connectivity index (χ0v) is 20.0. The topological polar surface area (TPSA) is 40.6 Å². The van der Waals surface area contributed by atoms with E-state index in [-0.39, 0.29) is 23.2 Å². The molecular weight excluding hydrogens is 451 g/mol. The maximum absolute atomic E-state index is 12.9. The molecule has 1 fully saturated rings. The van der Waals surface area contributed by atoms with Crippen molar-refractivity contribution in [3.63, 3.8) is 0 Å². The molecule has 0 bridgehead atoms. The van der Waals surface area contributed by atoms with Gasteiger partial charge in [-0.15, -0.1) is 0 Å². The molecule has 2 heterocycles. The summed E-state index contributed by atoms with van der Waals surface area (Å²) >= 11 is 13.7. The van der Waals surface area contributed by atoms with E-state index in [1.54, 1.807) is 12.1 Å². The van der Waals surface area contributed by atoms with E-state index >= 15 is 0 Å². The third-order valence-electron chi connectivity index (χ3n) is 5.78. The van der Waals surface area contributed by atoms with Crippen LogP contribution in [0.25, 0.3) is 11.6 Å². The normalized spacial score (nSPS) is 19.2. The monoisotopic (exact) mass is 472 g/mol. The minimum absolute atomic E-state index is 0.122. The number of fused-ring (bicyclic) bond motifs is 1. The Kier molecular flexibility index (Phi) is 5.71. The van der Waals surface area contributed by atoms with Gasteiger partial charge in [0, 0.05) is 28.3 Å². The molecule has 1 saturated heterocycles. The van der Waals surface area contributed by atoms with Crippen LogP contribution in [-0.2, 0) is 11.3 Å². The highest BCUT2D eigenvalue weighted by molar-refractivity contribution is 8.18. The van der Waals surface area contributed by atoms with Gasteiger partial charge < -0.3 is 4.90 Å². The van der Waals surface area contributed by atoms with Crippen molar-refractivity contribution in [1.82, 2.24) is 4.90 Å². The van der Waals surface area contributed by atoms with Gasteiger partial charge in [-0.05, 0) is 73.5 Å². The SMILES string of the molecule is CC1=CC(C)(C)N(C)c2cc(Cl)c(/C=C3\SC(=O)N(Cc4ccccc4Cl)C3=O)cc21. The predicted molar refractivity (Wildman–Crippen MR) is 131 cm³/mol. The highest BCUT2D eigenvalue weighted by Crippen LogP contribution is 2.42. The molecule has 7 heteroatoms. The first-order valence-electron chi connectivity index (χ1n) is 9.84. The van der Waals surface area contributed by atoms with Gasteiger partial charge in [-0.1, -0.05) is 47.5 Å². The van der Waals surface area contributed by atoms with Crippen molar-refractivity contribution in [2.45, 2.75) is 32.9 Å². The Morgan fingerprint density at radius 3 is 2.52 bits per heavy atom. The molecule has 0 aromatic heterocycles. The Morgan fingerprint density at radius 1 is 1.10 bits per heavy atom. The van der Waals surface area contributed by atoms with Gasteiger partial charge >= 0.3 is 0 Å². The fourth-order valence-corrected chi connectivity index (χ4v) is 5.11. The van der Waals surface area contributed by atoms with Gasteiger partial charge in [-0.2, -0.15) is 0 Å². The Bertz CT molecular complexity index is 1170. The summed E-state index contributed by atoms with van der Waals surface area (Å²) in [6.07, 6.45) is 3.91. The summed E-state index contributed by atoms with van der Waals surface area (Å²) in [4.78, 5) is 29.2. The maximum Gasteiger partial charge on any atom is 0.293 e. The smallest absolute Gasteiger partial charge is 0.293 e. The van der Waals surface area contributed by atoms with E-state index in [2.05, 4.69) is 31.7 Å². The van der Waals surface area contributed by atoms with E-state index in [0.29, 0.717) is 20.5 Å². The maximum atomic E-state index is 12.9. The van der Waals surface area contributed by atoms with Crippen molar-refractivity contribution in [3.05, 3.63) is 74.1 Å². The van der Waals surface area contributed by atoms with Crippen LogP contribution in [0.4, 0.5) is 10.5 Å². The Hall–Kier alpha value is -2.21. The molecule has 0 N–H and O–H groups in total. The molecule has 0 aliphatic carbocycles. The quantitative estimate of drug-likeness (QED) is 0.457. The molecular formula is C24H22Cl2N2O2S. The largest absolute Gasteiger partial charge is 0.365 e. The first-order chi connectivity index (χ1) is 14.6. The number of thioether (sulfide) groups is 1. The van der Waals surface area contributed by atoms with Crippen LogP contribution >= 0.6 is 35.0 Å². The van der Waals surface area contributed by atoms with E-state index in [1.807, 2.05) is 37.4 Å². The number of hydrogen-bond acceptors (Lipinski definition) is 4. The Labute approximate surface area is 196 Å². The molecule has 0 radical (unpaired) electrons. The van der Waals surface area contributed by atoms with Crippen molar-refractivity contribution in [3.8, 4) is 0 Å². The number of likely N-dealkylation sites (N-methyl/N-ethyl adjacent to an activating group) is 1. The number of carbonyl (C=O) groups excluding carboxylic acids is 2. The zero-order valence-electron chi connectivity index (χ0n) is 17.7. The van der Waals surface area contributed by atoms with E-state index in [4.69, 9.17) is 23.2 Å². The highest BCUT2D eigenvalue weighted by Gasteiger charge is 2.36. The minimum Gasteiger partial charge on any atom is -0.365 e. The van der Waals surface area contributed by atoms with E-state index in [1.165, 1.54) is 4.90 Å². The summed E-state index contributed by atoms with van der Waals surface area (Å²) in [5.41, 5.74) is 4.57. The number of imide groups is 1. The van der Waals surface area contributed by atoms with Crippen molar-refractivity contribution in [2.75, 3.05) is 11.9 Å². The number of halogens is 2. The van der Waals surface area contributed by atoms with Crippen molar-refractivity contribution >= 4 is 63.4 Å². The van der Waals surface area contributed by atoms with Crippen LogP contribution < -0.4 is 4.90 Å². The molecule has 4 nitrogen and oxygen atoms in total. The number of amides is 2. The number of carbonyl (C=O) groups is 2. The van der Waals surface area contributed by atoms with Crippen LogP contribution in [0.15, 0.2) is 47.4 Å². The van der Waals surface area contributed by atoms with E-state index < -0.39 is 0 Å². The van der Waals surface area contributed by atoms with E-state index in [0.717, 1.165) is 34.1 Å². The molecule has 2 amide bonds. The summed E-state index contributed by atoms with van der Waals surface area (Å²) in [6, 6.07) is 11.1. The number of benzene rings is 2. The van der Waals surface area contributed by atoms with Crippen LogP contribution in [0.1, 0.15) is 37.5 Å². The van der Waals surface area contributed by atoms with Gasteiger partial charge in [0.05, 0.1) is 17.0 Å². The van der Waals surface area contributed by atoms with Crippen LogP contribution in [-0.4, -0.2) is 28.6 Å². The van der Waals surface area contributed by atoms with Crippen LogP contribution in [0.5, 0.6) is 0 Å². The predicted octanol–water partition coefficient (Wildman–Crippen LogP) is 6.86. The first-order valence-corrected chi connectivity index (χ1v) is 11.4. The van der Waals surface area contributed by atoms with Crippen molar-refractivity contribution in [1.29, 1.82) is 0 Å². The van der Waals surface area contributed by atoms with Crippen molar-refractivity contribution < 1.29 is 9.59 Å². The Balaban J connectivity index is 1.67. The Morgan fingerprint density at radius 2 is 1.81 bits per heavy atom. The van der Waals surface area contributed by atoms with Crippen LogP contribution in [0.2, 0.25) is 10.0 Å². The first kappa shape index (κ1) is 22.0. The lowest BCUT2D eigenvalue weighted by molar-refractivity contribution is -0.123. The molecule has 4 rings (SSSR count). The molecule has 160 valence electrons. The second-order valence-electron chi connectivity index (χ2n) is 8.29. The van der Waals surface area contributed by atoms with Crippen LogP contribution in [0, 0.1) is 0 Å². The zero-order chi connectivity index (χ0) is 22.5. The van der Waals surface area contributed by atoms with Gasteiger partial charge in [-0.3, -0.25) is 14.5 Å². The lowest BCUT2D eigenvalue weighted by Crippen LogP contribution is -2.42. The number of nitrogens with zero attached hydrogens (tertiary/aromatic N) is 2. The molecule has 0 unspecified atom stereocenters. The third-order valence-corrected chi connectivity index (χ3v) is 7.39. The summed E-state index contributed by atoms with van der Waals surface area (Å²) in [7, 11) is 2.04. The molecule has 2 aliphatic rings. The lowest BCUT2D eigenvalue weighted by atomic mass is 9.88. The van der Waals surface area contributed by atoms with Gasteiger partial charge in [0.2, 0.25) is 0 Å². The summed E-state index contributed by atoms with van der Waals surface area (Å²) in [5.74, 6) is -0.339. The minimum atomic E-state index is -0.339. The fraction of sp³-hybridized carbons (Fsp3) is 0.250. The van der Waals surface area contributed by atoms with Gasteiger partial charge in [0.15, 0.2) is 0 Å². The molecule has 2 aliphatic heterocycles. The number of rotatable bonds is 3. The molecule has 31 heavy (non-hydrogen) atoms. The highest BCUT2D eigenvalue weighted by atomic mass is 35.5. The third kappa shape index (κ3) is 4.02. The molecule has 2 aromatic carbocycles. The summed E-state index contributed by atoms with van der Waals surface area (Å²) in [6.45, 7) is 6.51. The molecule has 0 spiro atoms. The second kappa shape index (κ2) is 8.05. The average Bonchev–Trinajstić information content (AvgIpc) is 2.96.